The molecule has 274 valence electrons. The summed E-state index contributed by atoms with van der Waals surface area (Å²) >= 11 is 0. The molecule has 0 N–H and O–H groups in total. The van der Waals surface area contributed by atoms with E-state index < -0.39 is 0 Å². The van der Waals surface area contributed by atoms with Crippen molar-refractivity contribution < 1.29 is 0 Å². The maximum Gasteiger partial charge on any atom is 0.164 e. The molecular formula is C53H37N5. The molecule has 11 rings (SSSR count). The maximum atomic E-state index is 5.06. The van der Waals surface area contributed by atoms with Crippen LogP contribution >= 0.6 is 0 Å². The van der Waals surface area contributed by atoms with Gasteiger partial charge < -0.3 is 4.57 Å². The molecular weight excluding hydrogens is 707 g/mol. The van der Waals surface area contributed by atoms with Crippen molar-refractivity contribution in [3.63, 3.8) is 0 Å². The predicted molar refractivity (Wildman–Crippen MR) is 237 cm³/mol. The highest BCUT2D eigenvalue weighted by Crippen LogP contribution is 2.50. The number of rotatable bonds is 6. The van der Waals surface area contributed by atoms with Crippen molar-refractivity contribution in [2.75, 3.05) is 0 Å². The molecule has 5 heteroatoms. The summed E-state index contributed by atoms with van der Waals surface area (Å²) in [5.41, 5.74) is 15.9. The Labute approximate surface area is 337 Å². The van der Waals surface area contributed by atoms with Crippen LogP contribution in [0.4, 0.5) is 0 Å². The van der Waals surface area contributed by atoms with Crippen LogP contribution in [0.1, 0.15) is 25.0 Å². The average molecular weight is 744 g/mol. The van der Waals surface area contributed by atoms with Crippen molar-refractivity contribution in [2.24, 2.45) is 0 Å². The van der Waals surface area contributed by atoms with Crippen LogP contribution in [0.5, 0.6) is 0 Å². The molecule has 0 amide bonds. The van der Waals surface area contributed by atoms with Crippen molar-refractivity contribution in [2.45, 2.75) is 19.3 Å². The lowest BCUT2D eigenvalue weighted by Crippen LogP contribution is -2.14. The van der Waals surface area contributed by atoms with E-state index in [1.807, 2.05) is 73.1 Å². The molecule has 0 radical (unpaired) electrons. The smallest absolute Gasteiger partial charge is 0.164 e. The molecule has 1 aliphatic rings. The number of pyridine rings is 1. The minimum atomic E-state index is -0.0383. The van der Waals surface area contributed by atoms with Gasteiger partial charge in [0.15, 0.2) is 17.5 Å². The lowest BCUT2D eigenvalue weighted by Gasteiger charge is -2.21. The molecule has 0 atom stereocenters. The van der Waals surface area contributed by atoms with E-state index >= 15 is 0 Å². The van der Waals surface area contributed by atoms with Gasteiger partial charge in [-0.2, -0.15) is 0 Å². The van der Waals surface area contributed by atoms with Gasteiger partial charge in [-0.05, 0) is 69.3 Å². The fourth-order valence-corrected chi connectivity index (χ4v) is 8.86. The Kier molecular flexibility index (Phi) is 7.76. The summed E-state index contributed by atoms with van der Waals surface area (Å²) in [5.74, 6) is 1.88. The first-order chi connectivity index (χ1) is 28.5. The predicted octanol–water partition coefficient (Wildman–Crippen LogP) is 13.0. The summed E-state index contributed by atoms with van der Waals surface area (Å²) in [6.07, 6.45) is 4.00. The number of benzene rings is 7. The molecule has 0 bridgehead atoms. The van der Waals surface area contributed by atoms with Gasteiger partial charge in [-0.3, -0.25) is 4.98 Å². The van der Waals surface area contributed by atoms with E-state index in [0.29, 0.717) is 17.5 Å². The number of aromatic nitrogens is 5. The standard InChI is InChI=1S/C53H37N5/c1-53(2)46-24-13-12-23-41(46)42-30-37(25-27-47(42)53)38-26-28-48-43(31-38)45-33-54-32-44(34-15-6-3-7-16-34)49(45)58(48)40-22-14-21-39(29-40)52-56-50(35-17-8-4-9-18-35)55-51(57-52)36-19-10-5-11-20-36/h3-33H,1-2H3. The summed E-state index contributed by atoms with van der Waals surface area (Å²) in [6.45, 7) is 4.66. The van der Waals surface area contributed by atoms with Gasteiger partial charge in [0.1, 0.15) is 0 Å². The van der Waals surface area contributed by atoms with E-state index in [0.717, 1.165) is 55.3 Å². The molecule has 0 spiro atoms. The molecule has 0 fully saturated rings. The number of hydrogen-bond donors (Lipinski definition) is 0. The van der Waals surface area contributed by atoms with Gasteiger partial charge >= 0.3 is 0 Å². The first-order valence-electron chi connectivity index (χ1n) is 19.7. The number of fused-ring (bicyclic) bond motifs is 6. The Morgan fingerprint density at radius 1 is 0.397 bits per heavy atom. The molecule has 0 saturated carbocycles. The maximum absolute atomic E-state index is 5.06. The zero-order valence-corrected chi connectivity index (χ0v) is 32.1. The Balaban J connectivity index is 1.11. The molecule has 3 aromatic heterocycles. The van der Waals surface area contributed by atoms with Crippen LogP contribution in [-0.2, 0) is 5.41 Å². The lowest BCUT2D eigenvalue weighted by molar-refractivity contribution is 0.660. The zero-order chi connectivity index (χ0) is 38.8. The first-order valence-corrected chi connectivity index (χ1v) is 19.7. The Morgan fingerprint density at radius 2 is 0.966 bits per heavy atom. The topological polar surface area (TPSA) is 56.5 Å². The second kappa shape index (κ2) is 13.3. The van der Waals surface area contributed by atoms with E-state index in [1.165, 1.54) is 33.4 Å². The third kappa shape index (κ3) is 5.47. The Hall–Kier alpha value is -7.50. The first kappa shape index (κ1) is 33.8. The van der Waals surface area contributed by atoms with Gasteiger partial charge in [0.05, 0.1) is 11.0 Å². The molecule has 5 nitrogen and oxygen atoms in total. The van der Waals surface area contributed by atoms with Crippen molar-refractivity contribution >= 4 is 21.8 Å². The molecule has 7 aromatic carbocycles. The second-order valence-corrected chi connectivity index (χ2v) is 15.5. The quantitative estimate of drug-likeness (QED) is 0.170. The summed E-state index contributed by atoms with van der Waals surface area (Å²) in [4.78, 5) is 19.9. The fraction of sp³-hybridized carbons (Fsp3) is 0.0566. The van der Waals surface area contributed by atoms with Crippen LogP contribution in [0.25, 0.3) is 95.0 Å². The zero-order valence-electron chi connectivity index (χ0n) is 32.1. The highest BCUT2D eigenvalue weighted by Gasteiger charge is 2.35. The van der Waals surface area contributed by atoms with Crippen molar-refractivity contribution in [3.05, 3.63) is 199 Å². The van der Waals surface area contributed by atoms with Crippen LogP contribution in [0.3, 0.4) is 0 Å². The van der Waals surface area contributed by atoms with Gasteiger partial charge in [0.25, 0.3) is 0 Å². The van der Waals surface area contributed by atoms with E-state index in [4.69, 9.17) is 19.9 Å². The minimum absolute atomic E-state index is 0.0383. The molecule has 58 heavy (non-hydrogen) atoms. The van der Waals surface area contributed by atoms with E-state index in [1.54, 1.807) is 0 Å². The Morgan fingerprint density at radius 3 is 1.67 bits per heavy atom. The third-order valence-corrected chi connectivity index (χ3v) is 11.7. The average Bonchev–Trinajstić information content (AvgIpc) is 3.75. The summed E-state index contributed by atoms with van der Waals surface area (Å²) < 4.78 is 2.38. The molecule has 1 aliphatic carbocycles. The second-order valence-electron chi connectivity index (χ2n) is 15.5. The van der Waals surface area contributed by atoms with Gasteiger partial charge in [-0.1, -0.05) is 159 Å². The number of hydrogen-bond acceptors (Lipinski definition) is 4. The summed E-state index contributed by atoms with van der Waals surface area (Å²) in [6, 6.07) is 62.0. The van der Waals surface area contributed by atoms with Crippen LogP contribution in [-0.4, -0.2) is 24.5 Å². The van der Waals surface area contributed by atoms with Gasteiger partial charge in [-0.15, -0.1) is 0 Å². The van der Waals surface area contributed by atoms with Crippen LogP contribution in [0.2, 0.25) is 0 Å². The molecule has 0 saturated heterocycles. The number of nitrogens with zero attached hydrogens (tertiary/aromatic N) is 5. The summed E-state index contributed by atoms with van der Waals surface area (Å²) in [5, 5.41) is 2.23. The van der Waals surface area contributed by atoms with Crippen LogP contribution in [0.15, 0.2) is 188 Å². The van der Waals surface area contributed by atoms with Crippen molar-refractivity contribution in [1.29, 1.82) is 0 Å². The fourth-order valence-electron chi connectivity index (χ4n) is 8.86. The third-order valence-electron chi connectivity index (χ3n) is 11.7. The van der Waals surface area contributed by atoms with E-state index in [9.17, 15) is 0 Å². The van der Waals surface area contributed by atoms with Gasteiger partial charge in [0, 0.05) is 56.5 Å². The van der Waals surface area contributed by atoms with Crippen LogP contribution < -0.4 is 0 Å². The highest BCUT2D eigenvalue weighted by atomic mass is 15.0. The largest absolute Gasteiger partial charge is 0.308 e. The lowest BCUT2D eigenvalue weighted by atomic mass is 9.82. The summed E-state index contributed by atoms with van der Waals surface area (Å²) in [7, 11) is 0. The van der Waals surface area contributed by atoms with Gasteiger partial charge in [-0.25, -0.2) is 15.0 Å². The van der Waals surface area contributed by atoms with E-state index in [-0.39, 0.29) is 5.41 Å². The monoisotopic (exact) mass is 743 g/mol. The van der Waals surface area contributed by atoms with E-state index in [2.05, 4.69) is 134 Å². The van der Waals surface area contributed by atoms with Crippen molar-refractivity contribution in [1.82, 2.24) is 24.5 Å². The van der Waals surface area contributed by atoms with Crippen molar-refractivity contribution in [3.8, 4) is 73.2 Å². The minimum Gasteiger partial charge on any atom is -0.308 e. The normalized spacial score (nSPS) is 12.8. The van der Waals surface area contributed by atoms with Crippen LogP contribution in [0, 0.1) is 0 Å². The molecule has 0 aliphatic heterocycles. The molecule has 10 aromatic rings. The molecule has 0 unspecified atom stereocenters. The Bertz CT molecular complexity index is 3130. The molecule has 3 heterocycles. The SMILES string of the molecule is CC1(C)c2ccccc2-c2cc(-c3ccc4c(c3)c3cncc(-c5ccccc5)c3n4-c3cccc(-c4nc(-c5ccccc5)nc(-c5ccccc5)n4)c3)ccc21. The van der Waals surface area contributed by atoms with Gasteiger partial charge in [0.2, 0.25) is 0 Å². The highest BCUT2D eigenvalue weighted by molar-refractivity contribution is 6.14.